The van der Waals surface area contributed by atoms with Crippen LogP contribution in [0.4, 0.5) is 0 Å². The number of esters is 2. The number of ether oxygens (including phenoxy) is 2. The van der Waals surface area contributed by atoms with Gasteiger partial charge in [0, 0.05) is 12.8 Å². The van der Waals surface area contributed by atoms with E-state index in [4.69, 9.17) is 19.7 Å². The first-order chi connectivity index (χ1) is 10.9. The number of fused-ring (bicyclic) bond motifs is 7. The monoisotopic (exact) mass is 324 g/mol. The molecule has 2 aliphatic rings. The van der Waals surface area contributed by atoms with Gasteiger partial charge < -0.3 is 19.7 Å². The number of carbonyl (C=O) groups is 4. The summed E-state index contributed by atoms with van der Waals surface area (Å²) in [4.78, 5) is 42.1. The van der Waals surface area contributed by atoms with Gasteiger partial charge in [-0.1, -0.05) is 0 Å². The summed E-state index contributed by atoms with van der Waals surface area (Å²) < 4.78 is 9.66. The van der Waals surface area contributed by atoms with Crippen LogP contribution in [-0.4, -0.2) is 47.3 Å². The summed E-state index contributed by atoms with van der Waals surface area (Å²) >= 11 is 0. The molecule has 8 heteroatoms. The van der Waals surface area contributed by atoms with E-state index in [1.807, 2.05) is 0 Å². The molecule has 124 valence electrons. The molecule has 0 amide bonds. The Morgan fingerprint density at radius 1 is 0.826 bits per heavy atom. The highest BCUT2D eigenvalue weighted by Crippen LogP contribution is 2.09. The lowest BCUT2D eigenvalue weighted by atomic mass is 10.1. The molecule has 0 aromatic heterocycles. The lowest BCUT2D eigenvalue weighted by Gasteiger charge is -2.09. The van der Waals surface area contributed by atoms with E-state index in [-0.39, 0.29) is 32.5 Å². The van der Waals surface area contributed by atoms with E-state index in [9.17, 15) is 19.2 Å². The molecule has 2 aliphatic heterocycles. The van der Waals surface area contributed by atoms with Crippen LogP contribution in [0.5, 0.6) is 0 Å². The highest BCUT2D eigenvalue weighted by atomic mass is 16.6. The van der Waals surface area contributed by atoms with Crippen molar-refractivity contribution in [3.8, 4) is 0 Å². The Balaban J connectivity index is 0.000000257. The van der Waals surface area contributed by atoms with Gasteiger partial charge in [0.05, 0.1) is 11.1 Å². The van der Waals surface area contributed by atoms with Gasteiger partial charge in [-0.2, -0.15) is 0 Å². The number of hydrogen-bond donors (Lipinski definition) is 2. The first-order valence-electron chi connectivity index (χ1n) is 6.78. The lowest BCUT2D eigenvalue weighted by molar-refractivity contribution is -0.138. The van der Waals surface area contributed by atoms with Crippen molar-refractivity contribution >= 4 is 23.9 Å². The van der Waals surface area contributed by atoms with E-state index in [2.05, 4.69) is 0 Å². The molecule has 2 bridgehead atoms. The third kappa shape index (κ3) is 7.07. The summed E-state index contributed by atoms with van der Waals surface area (Å²) in [6.45, 7) is 0.200. The number of benzene rings is 1. The predicted octanol–water partition coefficient (Wildman–Crippen LogP) is 1.34. The maximum absolute atomic E-state index is 11.3. The van der Waals surface area contributed by atoms with E-state index >= 15 is 0 Å². The molecule has 23 heavy (non-hydrogen) atoms. The number of aliphatic carboxylic acids is 2. The number of hydrogen-bond acceptors (Lipinski definition) is 6. The fourth-order valence-corrected chi connectivity index (χ4v) is 1.57. The highest BCUT2D eigenvalue weighted by Gasteiger charge is 2.13. The normalized spacial score (nSPS) is 13.2. The zero-order chi connectivity index (χ0) is 17.2. The van der Waals surface area contributed by atoms with E-state index in [1.165, 1.54) is 0 Å². The molecule has 0 saturated carbocycles. The third-order valence-corrected chi connectivity index (χ3v) is 2.69. The molecule has 0 fully saturated rings. The van der Waals surface area contributed by atoms with E-state index in [0.29, 0.717) is 11.1 Å². The Labute approximate surface area is 131 Å². The van der Waals surface area contributed by atoms with Crippen molar-refractivity contribution in [1.82, 2.24) is 0 Å². The van der Waals surface area contributed by atoms with Crippen LogP contribution in [0.3, 0.4) is 0 Å². The van der Waals surface area contributed by atoms with Crippen LogP contribution in [-0.2, 0) is 19.1 Å². The lowest BCUT2D eigenvalue weighted by Crippen LogP contribution is -2.16. The molecular formula is C15H16O8. The molecule has 2 heterocycles. The van der Waals surface area contributed by atoms with Crippen LogP contribution in [0.25, 0.3) is 0 Å². The van der Waals surface area contributed by atoms with Crippen molar-refractivity contribution in [3.05, 3.63) is 35.4 Å². The summed E-state index contributed by atoms with van der Waals surface area (Å²) in [5.74, 6) is -2.68. The van der Waals surface area contributed by atoms with Crippen molar-refractivity contribution in [2.75, 3.05) is 13.2 Å². The van der Waals surface area contributed by atoms with Crippen molar-refractivity contribution in [2.24, 2.45) is 0 Å². The van der Waals surface area contributed by atoms with Gasteiger partial charge in [-0.3, -0.25) is 9.59 Å². The summed E-state index contributed by atoms with van der Waals surface area (Å²) in [5, 5.41) is 16.1. The maximum atomic E-state index is 11.3. The molecule has 8 nitrogen and oxygen atoms in total. The molecule has 0 atom stereocenters. The first-order valence-corrected chi connectivity index (χ1v) is 6.78. The van der Waals surface area contributed by atoms with Crippen molar-refractivity contribution in [3.63, 3.8) is 0 Å². The van der Waals surface area contributed by atoms with E-state index in [1.54, 1.807) is 24.3 Å². The Bertz CT molecular complexity index is 525. The molecule has 1 aromatic carbocycles. The molecule has 0 spiro atoms. The van der Waals surface area contributed by atoms with Crippen LogP contribution in [0, 0.1) is 0 Å². The Morgan fingerprint density at radius 3 is 1.48 bits per heavy atom. The van der Waals surface area contributed by atoms with Crippen molar-refractivity contribution in [2.45, 2.75) is 19.3 Å². The Hall–Kier alpha value is -2.90. The number of carboxylic acid groups (broad SMARTS) is 2. The minimum absolute atomic E-state index is 0.0632. The zero-order valence-electron chi connectivity index (χ0n) is 12.2. The predicted molar refractivity (Wildman–Crippen MR) is 76.1 cm³/mol. The van der Waals surface area contributed by atoms with Gasteiger partial charge in [-0.15, -0.1) is 0 Å². The molecular weight excluding hydrogens is 308 g/mol. The minimum Gasteiger partial charge on any atom is -0.481 e. The van der Waals surface area contributed by atoms with Crippen molar-refractivity contribution in [1.29, 1.82) is 0 Å². The van der Waals surface area contributed by atoms with Gasteiger partial charge in [0.15, 0.2) is 0 Å². The van der Waals surface area contributed by atoms with Crippen LogP contribution >= 0.6 is 0 Å². The molecule has 3 rings (SSSR count). The molecule has 0 saturated heterocycles. The van der Waals surface area contributed by atoms with E-state index in [0.717, 1.165) is 0 Å². The second-order valence-electron chi connectivity index (χ2n) is 4.49. The Morgan fingerprint density at radius 2 is 1.17 bits per heavy atom. The van der Waals surface area contributed by atoms with Gasteiger partial charge in [-0.05, 0) is 30.7 Å². The average molecular weight is 324 g/mol. The molecule has 0 unspecified atom stereocenters. The van der Waals surface area contributed by atoms with E-state index < -0.39 is 23.9 Å². The Kier molecular flexibility index (Phi) is 7.25. The molecule has 0 aliphatic carbocycles. The minimum atomic E-state index is -0.948. The van der Waals surface area contributed by atoms with Gasteiger partial charge in [-0.25, -0.2) is 9.59 Å². The average Bonchev–Trinajstić information content (AvgIpc) is 2.51. The summed E-state index contributed by atoms with van der Waals surface area (Å²) in [5.41, 5.74) is 0.895. The molecule has 1 aromatic rings. The quantitative estimate of drug-likeness (QED) is 0.794. The van der Waals surface area contributed by atoms with Crippen LogP contribution in [0.1, 0.15) is 40.0 Å². The number of carboxylic acids is 2. The largest absolute Gasteiger partial charge is 0.481 e. The second-order valence-corrected chi connectivity index (χ2v) is 4.49. The van der Waals surface area contributed by atoms with Crippen LogP contribution in [0.15, 0.2) is 24.3 Å². The summed E-state index contributed by atoms with van der Waals surface area (Å²) in [6, 6.07) is 6.18. The summed E-state index contributed by atoms with van der Waals surface area (Å²) in [6.07, 6.45) is 0.0866. The maximum Gasteiger partial charge on any atom is 0.338 e. The summed E-state index contributed by atoms with van der Waals surface area (Å²) in [7, 11) is 0. The SMILES string of the molecule is O=C(O)CCCC(=O)O.O=C1OCCOC(=O)c2ccc1cc2. The molecule has 2 N–H and O–H groups in total. The van der Waals surface area contributed by atoms with Gasteiger partial charge in [0.25, 0.3) is 0 Å². The third-order valence-electron chi connectivity index (χ3n) is 2.69. The molecule has 0 radical (unpaired) electrons. The van der Waals surface area contributed by atoms with Crippen LogP contribution < -0.4 is 0 Å². The topological polar surface area (TPSA) is 127 Å². The standard InChI is InChI=1S/C10H8O4.C5H8O4/c11-9-7-1-2-8(4-3-7)10(12)14-6-5-13-9;6-4(7)2-1-3-5(8)9/h1-4H,5-6H2;1-3H2,(H,6,7)(H,8,9). The van der Waals surface area contributed by atoms with Gasteiger partial charge in [0.1, 0.15) is 13.2 Å². The van der Waals surface area contributed by atoms with Crippen molar-refractivity contribution < 1.29 is 38.9 Å². The fraction of sp³-hybridized carbons (Fsp3) is 0.333. The second kappa shape index (κ2) is 9.19. The van der Waals surface area contributed by atoms with Crippen LogP contribution in [0.2, 0.25) is 0 Å². The number of carbonyl (C=O) groups excluding carboxylic acids is 2. The van der Waals surface area contributed by atoms with Gasteiger partial charge >= 0.3 is 23.9 Å². The number of rotatable bonds is 4. The first kappa shape index (κ1) is 18.1. The fourth-order valence-electron chi connectivity index (χ4n) is 1.57. The highest BCUT2D eigenvalue weighted by molar-refractivity contribution is 5.93. The zero-order valence-corrected chi connectivity index (χ0v) is 12.2. The smallest absolute Gasteiger partial charge is 0.338 e. The van der Waals surface area contributed by atoms with Gasteiger partial charge in [0.2, 0.25) is 0 Å².